The summed E-state index contributed by atoms with van der Waals surface area (Å²) in [6.45, 7) is 0. The molecule has 2 atom stereocenters. The number of dihydropyridines is 1. The van der Waals surface area contributed by atoms with Gasteiger partial charge in [-0.25, -0.2) is 0 Å². The van der Waals surface area contributed by atoms with Crippen LogP contribution in [0.15, 0.2) is 16.1 Å². The summed E-state index contributed by atoms with van der Waals surface area (Å²) < 4.78 is 0. The van der Waals surface area contributed by atoms with Gasteiger partial charge in [0.2, 0.25) is 0 Å². The highest BCUT2D eigenvalue weighted by atomic mass is 35.5. The third-order valence-electron chi connectivity index (χ3n) is 1.59. The molecule has 2 nitrogen and oxygen atoms in total. The molecule has 0 fully saturated rings. The topological polar surface area (TPSA) is 38.4 Å². The Morgan fingerprint density at radius 1 is 1.75 bits per heavy atom. The second kappa shape index (κ2) is 1.08. The second-order valence-corrected chi connectivity index (χ2v) is 2.51. The van der Waals surface area contributed by atoms with E-state index in [-0.39, 0.29) is 6.04 Å². The minimum atomic E-state index is 0.247. The molecule has 2 aliphatic rings. The maximum atomic E-state index is 5.61. The van der Waals surface area contributed by atoms with E-state index in [1.165, 1.54) is 0 Å². The van der Waals surface area contributed by atoms with Gasteiger partial charge in [0.25, 0.3) is 0 Å². The summed E-state index contributed by atoms with van der Waals surface area (Å²) in [6, 6.07) is 0.247. The maximum absolute atomic E-state index is 5.61. The summed E-state index contributed by atoms with van der Waals surface area (Å²) in [7, 11) is 0. The number of fused-ring (bicyclic) bond motifs is 1. The van der Waals surface area contributed by atoms with E-state index in [1.807, 2.05) is 6.08 Å². The first-order chi connectivity index (χ1) is 3.79. The number of amidine groups is 1. The van der Waals surface area contributed by atoms with E-state index in [9.17, 15) is 0 Å². The summed E-state index contributed by atoms with van der Waals surface area (Å²) in [4.78, 5) is 3.97. The highest BCUT2D eigenvalue weighted by molar-refractivity contribution is 6.32. The molecule has 3 heteroatoms. The third-order valence-corrected chi connectivity index (χ3v) is 1.94. The van der Waals surface area contributed by atoms with Crippen molar-refractivity contribution < 1.29 is 0 Å². The highest BCUT2D eigenvalue weighted by Gasteiger charge is 2.41. The number of nitrogens with zero attached hydrogens (tertiary/aromatic N) is 1. The van der Waals surface area contributed by atoms with Crippen molar-refractivity contribution in [3.8, 4) is 0 Å². The van der Waals surface area contributed by atoms with Crippen LogP contribution in [0.2, 0.25) is 0 Å². The Hall–Kier alpha value is -0.500. The van der Waals surface area contributed by atoms with Crippen molar-refractivity contribution in [3.05, 3.63) is 11.1 Å². The molecule has 2 N–H and O–H groups in total. The molecule has 0 aromatic carbocycles. The molecule has 0 saturated heterocycles. The molecule has 2 unspecified atom stereocenters. The largest absolute Gasteiger partial charge is 0.387 e. The Kier molecular flexibility index (Phi) is 0.591. The van der Waals surface area contributed by atoms with Crippen molar-refractivity contribution >= 4 is 17.4 Å². The van der Waals surface area contributed by atoms with E-state index in [2.05, 4.69) is 4.99 Å². The number of nitrogens with two attached hydrogens (primary N) is 1. The number of halogens is 1. The molecule has 1 heterocycles. The minimum Gasteiger partial charge on any atom is -0.387 e. The molecule has 1 aliphatic carbocycles. The normalized spacial score (nSPS) is 40.6. The van der Waals surface area contributed by atoms with E-state index in [0.29, 0.717) is 5.92 Å². The van der Waals surface area contributed by atoms with E-state index >= 15 is 0 Å². The van der Waals surface area contributed by atoms with Gasteiger partial charge in [-0.15, -0.1) is 0 Å². The van der Waals surface area contributed by atoms with Crippen molar-refractivity contribution in [3.63, 3.8) is 0 Å². The molecule has 0 aromatic rings. The zero-order valence-electron chi connectivity index (χ0n) is 4.13. The lowest BCUT2D eigenvalue weighted by molar-refractivity contribution is 0.577. The first kappa shape index (κ1) is 4.39. The van der Waals surface area contributed by atoms with Crippen molar-refractivity contribution in [1.29, 1.82) is 0 Å². The van der Waals surface area contributed by atoms with Crippen LogP contribution in [0.5, 0.6) is 0 Å². The van der Waals surface area contributed by atoms with Crippen LogP contribution in [0.4, 0.5) is 0 Å². The number of rotatable bonds is 0. The van der Waals surface area contributed by atoms with Crippen LogP contribution in [-0.2, 0) is 0 Å². The van der Waals surface area contributed by atoms with Gasteiger partial charge in [0.1, 0.15) is 11.9 Å². The molecule has 0 spiro atoms. The van der Waals surface area contributed by atoms with Crippen molar-refractivity contribution in [2.45, 2.75) is 6.04 Å². The molecule has 0 amide bonds. The van der Waals surface area contributed by atoms with Gasteiger partial charge in [-0.1, -0.05) is 17.7 Å². The fourth-order valence-corrected chi connectivity index (χ4v) is 1.29. The van der Waals surface area contributed by atoms with Crippen molar-refractivity contribution in [1.82, 2.24) is 0 Å². The molecular weight excluding hydrogens is 124 g/mol. The van der Waals surface area contributed by atoms with E-state index in [0.717, 1.165) is 10.9 Å². The van der Waals surface area contributed by atoms with Crippen LogP contribution >= 0.6 is 11.6 Å². The van der Waals surface area contributed by atoms with Crippen LogP contribution in [0.3, 0.4) is 0 Å². The third kappa shape index (κ3) is 0.293. The Balaban J connectivity index is 2.26. The molecule has 0 radical (unpaired) electrons. The quantitative estimate of drug-likeness (QED) is 0.506. The first-order valence-corrected chi connectivity index (χ1v) is 2.87. The molecule has 42 valence electrons. The Bertz CT molecular complexity index is 173. The second-order valence-electron chi connectivity index (χ2n) is 2.08. The molecular formula is C5H5ClN2. The Labute approximate surface area is 52.0 Å². The van der Waals surface area contributed by atoms with Crippen LogP contribution in [0.1, 0.15) is 0 Å². The molecule has 0 saturated carbocycles. The van der Waals surface area contributed by atoms with Gasteiger partial charge in [0, 0.05) is 5.03 Å². The molecule has 2 rings (SSSR count). The predicted molar refractivity (Wildman–Crippen MR) is 32.8 cm³/mol. The number of hydrogen-bond acceptors (Lipinski definition) is 2. The van der Waals surface area contributed by atoms with Crippen LogP contribution < -0.4 is 5.73 Å². The lowest BCUT2D eigenvalue weighted by atomic mass is 9.83. The van der Waals surface area contributed by atoms with Crippen LogP contribution in [0.25, 0.3) is 0 Å². The summed E-state index contributed by atoms with van der Waals surface area (Å²) in [6.07, 6.45) is 1.94. The van der Waals surface area contributed by atoms with Gasteiger partial charge >= 0.3 is 0 Å². The van der Waals surface area contributed by atoms with Crippen LogP contribution in [0, 0.1) is 5.92 Å². The van der Waals surface area contributed by atoms with Gasteiger partial charge < -0.3 is 5.73 Å². The van der Waals surface area contributed by atoms with Gasteiger partial charge in [-0.05, 0) is 0 Å². The van der Waals surface area contributed by atoms with Gasteiger partial charge in [0.15, 0.2) is 0 Å². The predicted octanol–water partition coefficient (Wildman–Crippen LogP) is 0.478. The summed E-state index contributed by atoms with van der Waals surface area (Å²) in [5.74, 6) is 1.13. The standard InChI is InChI=1S/C5H5ClN2/c6-3-1-2-4(3)8-5(2)7/h1-2,4H,(H2,7,8). The molecule has 0 aromatic heterocycles. The summed E-state index contributed by atoms with van der Waals surface area (Å²) in [5, 5.41) is 0.851. The van der Waals surface area contributed by atoms with Crippen LogP contribution in [-0.4, -0.2) is 11.9 Å². The fraction of sp³-hybridized carbons (Fsp3) is 0.400. The molecule has 8 heavy (non-hydrogen) atoms. The zero-order valence-corrected chi connectivity index (χ0v) is 4.89. The lowest BCUT2D eigenvalue weighted by Gasteiger charge is -2.37. The minimum absolute atomic E-state index is 0.247. The SMILES string of the molecule is NC1=NC2C(Cl)=CC12. The highest BCUT2D eigenvalue weighted by Crippen LogP contribution is 2.38. The monoisotopic (exact) mass is 128 g/mol. The van der Waals surface area contributed by atoms with Gasteiger partial charge in [-0.3, -0.25) is 4.99 Å². The average Bonchev–Trinajstić information content (AvgIpc) is 1.76. The fourth-order valence-electron chi connectivity index (χ4n) is 0.968. The maximum Gasteiger partial charge on any atom is 0.104 e. The summed E-state index contributed by atoms with van der Waals surface area (Å²) in [5.41, 5.74) is 5.37. The number of hydrogen-bond donors (Lipinski definition) is 1. The van der Waals surface area contributed by atoms with Crippen molar-refractivity contribution in [2.24, 2.45) is 16.6 Å². The lowest BCUT2D eigenvalue weighted by Crippen LogP contribution is -2.47. The smallest absolute Gasteiger partial charge is 0.104 e. The molecule has 1 aliphatic heterocycles. The van der Waals surface area contributed by atoms with Gasteiger partial charge in [0.05, 0.1) is 5.92 Å². The average molecular weight is 129 g/mol. The van der Waals surface area contributed by atoms with E-state index in [1.54, 1.807) is 0 Å². The van der Waals surface area contributed by atoms with E-state index in [4.69, 9.17) is 17.3 Å². The Morgan fingerprint density at radius 3 is 2.62 bits per heavy atom. The first-order valence-electron chi connectivity index (χ1n) is 2.49. The van der Waals surface area contributed by atoms with Gasteiger partial charge in [-0.2, -0.15) is 0 Å². The number of aliphatic imine (C=N–C) groups is 1. The van der Waals surface area contributed by atoms with Crippen molar-refractivity contribution in [2.75, 3.05) is 0 Å². The zero-order chi connectivity index (χ0) is 5.72. The Morgan fingerprint density at radius 2 is 2.50 bits per heavy atom. The molecule has 0 bridgehead atoms. The van der Waals surface area contributed by atoms with E-state index < -0.39 is 0 Å². The summed E-state index contributed by atoms with van der Waals surface area (Å²) >= 11 is 5.61.